The van der Waals surface area contributed by atoms with Crippen molar-refractivity contribution in [3.8, 4) is 11.5 Å². The van der Waals surface area contributed by atoms with Crippen molar-refractivity contribution >= 4 is 5.91 Å². The summed E-state index contributed by atoms with van der Waals surface area (Å²) in [6.07, 6.45) is 2.38. The summed E-state index contributed by atoms with van der Waals surface area (Å²) in [5.41, 5.74) is 0. The summed E-state index contributed by atoms with van der Waals surface area (Å²) in [6.45, 7) is 5.90. The minimum absolute atomic E-state index is 0.0929. The number of amides is 1. The van der Waals surface area contributed by atoms with Gasteiger partial charge in [0.1, 0.15) is 0 Å². The van der Waals surface area contributed by atoms with Crippen molar-refractivity contribution < 1.29 is 14.3 Å². The number of hydrogen-bond acceptors (Lipinski definition) is 3. The molecule has 1 saturated heterocycles. The number of carbonyl (C=O) groups is 1. The molecule has 1 fully saturated rings. The minimum Gasteiger partial charge on any atom is -0.493 e. The van der Waals surface area contributed by atoms with Crippen LogP contribution in [0.2, 0.25) is 0 Å². The molecule has 0 aliphatic carbocycles. The first-order valence-electron chi connectivity index (χ1n) is 7.74. The molecule has 0 bridgehead atoms. The fourth-order valence-electron chi connectivity index (χ4n) is 2.61. The standard InChI is InChI=1S/C17H25NO3/c1-4-14(17(19)18-11-9-13(2)10-12-18)21-16-8-6-5-7-15(16)20-3/h5-8,13-14H,4,9-12H2,1-3H3/t14-/m0/s1. The molecule has 2 rings (SSSR count). The van der Waals surface area contributed by atoms with Gasteiger partial charge in [0.15, 0.2) is 17.6 Å². The van der Waals surface area contributed by atoms with Crippen LogP contribution in [0.4, 0.5) is 0 Å². The van der Waals surface area contributed by atoms with E-state index in [1.165, 1.54) is 0 Å². The van der Waals surface area contributed by atoms with Crippen molar-refractivity contribution in [2.45, 2.75) is 39.2 Å². The number of nitrogens with zero attached hydrogens (tertiary/aromatic N) is 1. The summed E-state index contributed by atoms with van der Waals surface area (Å²) in [7, 11) is 1.61. The third-order valence-electron chi connectivity index (χ3n) is 4.08. The lowest BCUT2D eigenvalue weighted by Crippen LogP contribution is -2.45. The van der Waals surface area contributed by atoms with Gasteiger partial charge in [-0.25, -0.2) is 0 Å². The van der Waals surface area contributed by atoms with Gasteiger partial charge in [-0.05, 0) is 37.3 Å². The van der Waals surface area contributed by atoms with Gasteiger partial charge in [-0.2, -0.15) is 0 Å². The molecular formula is C17H25NO3. The average Bonchev–Trinajstić information content (AvgIpc) is 2.53. The molecule has 4 nitrogen and oxygen atoms in total. The Morgan fingerprint density at radius 2 is 1.90 bits per heavy atom. The van der Waals surface area contributed by atoms with Crippen LogP contribution in [-0.4, -0.2) is 37.1 Å². The van der Waals surface area contributed by atoms with E-state index in [4.69, 9.17) is 9.47 Å². The molecule has 0 N–H and O–H groups in total. The second-order valence-corrected chi connectivity index (χ2v) is 5.67. The van der Waals surface area contributed by atoms with Gasteiger partial charge >= 0.3 is 0 Å². The number of hydrogen-bond donors (Lipinski definition) is 0. The minimum atomic E-state index is -0.435. The first-order chi connectivity index (χ1) is 10.2. The summed E-state index contributed by atoms with van der Waals surface area (Å²) < 4.78 is 11.2. The molecule has 1 amide bonds. The number of methoxy groups -OCH3 is 1. The molecule has 21 heavy (non-hydrogen) atoms. The van der Waals surface area contributed by atoms with Crippen LogP contribution in [0.25, 0.3) is 0 Å². The highest BCUT2D eigenvalue weighted by Gasteiger charge is 2.28. The lowest BCUT2D eigenvalue weighted by atomic mass is 9.99. The van der Waals surface area contributed by atoms with Crippen molar-refractivity contribution in [3.63, 3.8) is 0 Å². The van der Waals surface area contributed by atoms with E-state index in [1.54, 1.807) is 7.11 Å². The lowest BCUT2D eigenvalue weighted by Gasteiger charge is -2.33. The molecule has 0 unspecified atom stereocenters. The normalized spacial score (nSPS) is 17.4. The highest BCUT2D eigenvalue weighted by molar-refractivity contribution is 5.81. The zero-order valence-corrected chi connectivity index (χ0v) is 13.2. The number of piperidine rings is 1. The number of carbonyl (C=O) groups excluding carboxylic acids is 1. The van der Waals surface area contributed by atoms with Gasteiger partial charge in [0.25, 0.3) is 5.91 Å². The van der Waals surface area contributed by atoms with E-state index in [1.807, 2.05) is 36.1 Å². The van der Waals surface area contributed by atoms with Gasteiger partial charge in [0.2, 0.25) is 0 Å². The third kappa shape index (κ3) is 3.90. The number of ether oxygens (including phenoxy) is 2. The SMILES string of the molecule is CC[C@H](Oc1ccccc1OC)C(=O)N1CCC(C)CC1. The Labute approximate surface area is 127 Å². The van der Waals surface area contributed by atoms with Crippen LogP contribution in [0.5, 0.6) is 11.5 Å². The first kappa shape index (κ1) is 15.7. The maximum Gasteiger partial charge on any atom is 0.263 e. The van der Waals surface area contributed by atoms with Gasteiger partial charge in [-0.3, -0.25) is 4.79 Å². The Kier molecular flexibility index (Phi) is 5.48. The highest BCUT2D eigenvalue weighted by Crippen LogP contribution is 2.28. The van der Waals surface area contributed by atoms with E-state index >= 15 is 0 Å². The van der Waals surface area contributed by atoms with Crippen molar-refractivity contribution in [1.29, 1.82) is 0 Å². The van der Waals surface area contributed by atoms with E-state index in [-0.39, 0.29) is 5.91 Å². The molecule has 0 aromatic heterocycles. The van der Waals surface area contributed by atoms with Crippen molar-refractivity contribution in [2.24, 2.45) is 5.92 Å². The largest absolute Gasteiger partial charge is 0.493 e. The quantitative estimate of drug-likeness (QED) is 0.836. The Morgan fingerprint density at radius 1 is 1.29 bits per heavy atom. The molecular weight excluding hydrogens is 266 g/mol. The number of likely N-dealkylation sites (tertiary alicyclic amines) is 1. The molecule has 1 heterocycles. The summed E-state index contributed by atoms with van der Waals surface area (Å²) >= 11 is 0. The average molecular weight is 291 g/mol. The Balaban J connectivity index is 2.03. The highest BCUT2D eigenvalue weighted by atomic mass is 16.5. The molecule has 0 radical (unpaired) electrons. The Bertz CT molecular complexity index is 467. The van der Waals surface area contributed by atoms with E-state index < -0.39 is 6.10 Å². The number of benzene rings is 1. The third-order valence-corrected chi connectivity index (χ3v) is 4.08. The molecule has 0 spiro atoms. The molecule has 1 atom stereocenters. The van der Waals surface area contributed by atoms with Crippen molar-refractivity contribution in [2.75, 3.05) is 20.2 Å². The zero-order chi connectivity index (χ0) is 15.2. The van der Waals surface area contributed by atoms with Crippen LogP contribution in [0.1, 0.15) is 33.1 Å². The Hall–Kier alpha value is -1.71. The molecule has 1 aliphatic heterocycles. The monoisotopic (exact) mass is 291 g/mol. The zero-order valence-electron chi connectivity index (χ0n) is 13.2. The number of para-hydroxylation sites is 2. The second-order valence-electron chi connectivity index (χ2n) is 5.67. The molecule has 116 valence electrons. The summed E-state index contributed by atoms with van der Waals surface area (Å²) in [5, 5.41) is 0. The topological polar surface area (TPSA) is 38.8 Å². The van der Waals surface area contributed by atoms with Gasteiger partial charge in [0.05, 0.1) is 7.11 Å². The first-order valence-corrected chi connectivity index (χ1v) is 7.74. The fraction of sp³-hybridized carbons (Fsp3) is 0.588. The summed E-state index contributed by atoms with van der Waals surface area (Å²) in [6, 6.07) is 7.46. The van der Waals surface area contributed by atoms with Crippen LogP contribution in [0.15, 0.2) is 24.3 Å². The predicted molar refractivity (Wildman–Crippen MR) is 82.7 cm³/mol. The molecule has 4 heteroatoms. The van der Waals surface area contributed by atoms with Gasteiger partial charge in [0, 0.05) is 13.1 Å². The van der Waals surface area contributed by atoms with Crippen LogP contribution < -0.4 is 9.47 Å². The smallest absolute Gasteiger partial charge is 0.263 e. The predicted octanol–water partition coefficient (Wildman–Crippen LogP) is 3.11. The van der Waals surface area contributed by atoms with Crippen LogP contribution in [0, 0.1) is 5.92 Å². The van der Waals surface area contributed by atoms with Crippen LogP contribution in [-0.2, 0) is 4.79 Å². The summed E-state index contributed by atoms with van der Waals surface area (Å²) in [5.74, 6) is 2.10. The van der Waals surface area contributed by atoms with Crippen molar-refractivity contribution in [3.05, 3.63) is 24.3 Å². The summed E-state index contributed by atoms with van der Waals surface area (Å²) in [4.78, 5) is 14.5. The maximum atomic E-state index is 12.6. The fourth-order valence-corrected chi connectivity index (χ4v) is 2.61. The van der Waals surface area contributed by atoms with Crippen LogP contribution >= 0.6 is 0 Å². The lowest BCUT2D eigenvalue weighted by molar-refractivity contribution is -0.140. The van der Waals surface area contributed by atoms with E-state index in [0.29, 0.717) is 23.8 Å². The van der Waals surface area contributed by atoms with Gasteiger partial charge < -0.3 is 14.4 Å². The molecule has 1 aromatic rings. The molecule has 0 saturated carbocycles. The van der Waals surface area contributed by atoms with Crippen molar-refractivity contribution in [1.82, 2.24) is 4.90 Å². The maximum absolute atomic E-state index is 12.6. The Morgan fingerprint density at radius 3 is 2.48 bits per heavy atom. The number of rotatable bonds is 5. The van der Waals surface area contributed by atoms with E-state index in [0.717, 1.165) is 25.9 Å². The molecule has 1 aliphatic rings. The van der Waals surface area contributed by atoms with Gasteiger partial charge in [-0.15, -0.1) is 0 Å². The van der Waals surface area contributed by atoms with Crippen LogP contribution in [0.3, 0.4) is 0 Å². The second kappa shape index (κ2) is 7.34. The molecule has 1 aromatic carbocycles. The van der Waals surface area contributed by atoms with Gasteiger partial charge in [-0.1, -0.05) is 26.0 Å². The van der Waals surface area contributed by atoms with E-state index in [9.17, 15) is 4.79 Å². The van der Waals surface area contributed by atoms with E-state index in [2.05, 4.69) is 6.92 Å².